The summed E-state index contributed by atoms with van der Waals surface area (Å²) >= 11 is -1.77. The van der Waals surface area contributed by atoms with Crippen LogP contribution in [0, 0.1) is 0 Å². The third-order valence-corrected chi connectivity index (χ3v) is 19.3. The molecule has 0 bridgehead atoms. The van der Waals surface area contributed by atoms with Crippen LogP contribution in [0.1, 0.15) is 54.0 Å². The zero-order chi connectivity index (χ0) is 21.9. The van der Waals surface area contributed by atoms with Crippen LogP contribution in [0.3, 0.4) is 0 Å². The fourth-order valence-electron chi connectivity index (χ4n) is 5.51. The molecule has 1 N–H and O–H groups in total. The van der Waals surface area contributed by atoms with Crippen molar-refractivity contribution in [1.29, 1.82) is 0 Å². The number of benzene rings is 1. The van der Waals surface area contributed by atoms with E-state index in [0.717, 1.165) is 12.2 Å². The van der Waals surface area contributed by atoms with E-state index < -0.39 is 31.6 Å². The molecule has 1 amide bonds. The average Bonchev–Trinajstić information content (AvgIpc) is 2.99. The Bertz CT molecular complexity index is 842. The van der Waals surface area contributed by atoms with E-state index in [1.165, 1.54) is 19.5 Å². The summed E-state index contributed by atoms with van der Waals surface area (Å²) in [5.41, 5.74) is 4.41. The van der Waals surface area contributed by atoms with Crippen molar-refractivity contribution in [3.05, 3.63) is 23.9 Å². The van der Waals surface area contributed by atoms with Crippen molar-refractivity contribution in [3.63, 3.8) is 0 Å². The molecule has 1 heterocycles. The molecule has 0 radical (unpaired) electrons. The van der Waals surface area contributed by atoms with Crippen LogP contribution in [0.25, 0.3) is 10.9 Å². The Hall–Kier alpha value is -0.528. The van der Waals surface area contributed by atoms with Gasteiger partial charge >= 0.3 is 194 Å². The molecule has 0 spiro atoms. The average molecular weight is 624 g/mol. The van der Waals surface area contributed by atoms with Gasteiger partial charge in [0, 0.05) is 0 Å². The Morgan fingerprint density at radius 1 is 1.17 bits per heavy atom. The van der Waals surface area contributed by atoms with Crippen LogP contribution < -0.4 is 13.1 Å². The Morgan fingerprint density at radius 3 is 2.21 bits per heavy atom. The van der Waals surface area contributed by atoms with Gasteiger partial charge < -0.3 is 0 Å². The minimum absolute atomic E-state index is 0.0131. The van der Waals surface area contributed by atoms with E-state index >= 15 is 0 Å². The van der Waals surface area contributed by atoms with Gasteiger partial charge in [-0.15, -0.1) is 0 Å². The number of methoxy groups -OCH3 is 1. The molecule has 158 valence electrons. The van der Waals surface area contributed by atoms with Crippen molar-refractivity contribution in [1.82, 2.24) is 9.55 Å². The molecule has 0 saturated heterocycles. The Kier molecular flexibility index (Phi) is 8.69. The molecular formula is C22H35ClHgN2O2Si. The number of amides is 1. The first kappa shape index (κ1) is 24.7. The number of aromatic nitrogens is 1. The fraction of sp³-hybridized carbons (Fsp3) is 0.591. The van der Waals surface area contributed by atoms with Gasteiger partial charge in [0.25, 0.3) is 0 Å². The number of carbonyl (C=O) groups excluding carboxylic acids is 1. The van der Waals surface area contributed by atoms with Gasteiger partial charge in [-0.3, -0.25) is 0 Å². The summed E-state index contributed by atoms with van der Waals surface area (Å²) in [6.07, 6.45) is 3.20. The number of hydrogen-bond acceptors (Lipinski definition) is 2. The topological polar surface area (TPSA) is 43.3 Å². The first-order chi connectivity index (χ1) is 13.6. The fourth-order valence-corrected chi connectivity index (χ4v) is 18.1. The standard InChI is InChI=1S/C22H35N2O2Si.ClH.Hg/c1-15(2)27(16(3)4,17(5)6)24-14-19(11-12-23-18(7)25)21-13-20(26-8)9-10-22(21)24;;/h9-10,14-17H,11-12H2,1-8H3,(H,23,25);1H;/q;;+1/p-1. The van der Waals surface area contributed by atoms with Crippen LogP contribution >= 0.6 is 8.25 Å². The summed E-state index contributed by atoms with van der Waals surface area (Å²) in [5, 5.41) is 4.25. The van der Waals surface area contributed by atoms with Crippen molar-refractivity contribution in [2.24, 2.45) is 0 Å². The number of carbonyl (C=O) groups is 1. The molecule has 1 aromatic heterocycles. The molecule has 2 aromatic rings. The van der Waals surface area contributed by atoms with Crippen molar-refractivity contribution in [2.45, 2.75) is 71.5 Å². The van der Waals surface area contributed by atoms with Gasteiger partial charge in [0.1, 0.15) is 0 Å². The zero-order valence-corrected chi connectivity index (χ0v) is 26.5. The molecule has 0 aliphatic carbocycles. The third kappa shape index (κ3) is 4.57. The van der Waals surface area contributed by atoms with Gasteiger partial charge in [0.15, 0.2) is 0 Å². The van der Waals surface area contributed by atoms with E-state index in [1.54, 1.807) is 14.0 Å². The summed E-state index contributed by atoms with van der Waals surface area (Å²) in [6.45, 7) is 16.6. The number of nitrogens with zero attached hydrogens (tertiary/aromatic N) is 1. The summed E-state index contributed by atoms with van der Waals surface area (Å²) in [4.78, 5) is 11.4. The normalized spacial score (nSPS) is 12.1. The quantitative estimate of drug-likeness (QED) is 0.390. The van der Waals surface area contributed by atoms with Gasteiger partial charge in [-0.2, -0.15) is 0 Å². The van der Waals surface area contributed by atoms with E-state index in [1.807, 2.05) is 0 Å². The van der Waals surface area contributed by atoms with E-state index in [2.05, 4.69) is 69.4 Å². The summed E-state index contributed by atoms with van der Waals surface area (Å²) in [7, 11) is 6.46. The molecule has 1 aromatic carbocycles. The van der Waals surface area contributed by atoms with E-state index in [4.69, 9.17) is 13.0 Å². The number of fused-ring (bicyclic) bond motifs is 1. The predicted molar refractivity (Wildman–Crippen MR) is 123 cm³/mol. The molecule has 0 atom stereocenters. The monoisotopic (exact) mass is 624 g/mol. The second-order valence-corrected chi connectivity index (χ2v) is 20.7. The molecule has 0 aliphatic rings. The molecule has 0 aliphatic heterocycles. The molecule has 29 heavy (non-hydrogen) atoms. The summed E-state index contributed by atoms with van der Waals surface area (Å²) in [5.74, 6) is 0.942. The van der Waals surface area contributed by atoms with Crippen molar-refractivity contribution in [2.75, 3.05) is 13.7 Å². The number of halogens is 1. The summed E-state index contributed by atoms with van der Waals surface area (Å²) in [6, 6.07) is 4.34. The zero-order valence-electron chi connectivity index (χ0n) is 19.2. The second-order valence-electron chi connectivity index (χ2n) is 8.88. The number of ether oxygens (including phenoxy) is 1. The maximum absolute atomic E-state index is 11.4. The predicted octanol–water partition coefficient (Wildman–Crippen LogP) is 5.21. The van der Waals surface area contributed by atoms with E-state index in [9.17, 15) is 4.79 Å². The van der Waals surface area contributed by atoms with Gasteiger partial charge in [-0.05, 0) is 0 Å². The molecule has 0 unspecified atom stereocenters. The molecular weight excluding hydrogens is 588 g/mol. The van der Waals surface area contributed by atoms with E-state index in [-0.39, 0.29) is 5.91 Å². The first-order valence-electron chi connectivity index (χ1n) is 10.6. The molecule has 0 fully saturated rings. The number of nitrogens with one attached hydrogen (secondary N) is 1. The molecule has 4 nitrogen and oxygen atoms in total. The maximum atomic E-state index is 11.4. The number of rotatable bonds is 9. The third-order valence-electron chi connectivity index (χ3n) is 6.43. The summed E-state index contributed by atoms with van der Waals surface area (Å²) < 4.78 is 9.61. The van der Waals surface area contributed by atoms with Crippen LogP contribution in [0.5, 0.6) is 5.75 Å². The van der Waals surface area contributed by atoms with Crippen LogP contribution in [0.4, 0.5) is 0 Å². The minimum atomic E-state index is -1.90. The van der Waals surface area contributed by atoms with Crippen molar-refractivity contribution < 1.29 is 32.9 Å². The van der Waals surface area contributed by atoms with Gasteiger partial charge in [0.05, 0.1) is 0 Å². The van der Waals surface area contributed by atoms with Crippen LogP contribution in [-0.2, 0) is 34.6 Å². The Balaban J connectivity index is 2.84. The van der Waals surface area contributed by atoms with Crippen LogP contribution in [-0.4, -0.2) is 32.0 Å². The van der Waals surface area contributed by atoms with Crippen LogP contribution in [0.15, 0.2) is 18.3 Å². The number of hydrogen-bond donors (Lipinski definition) is 1. The van der Waals surface area contributed by atoms with Crippen LogP contribution in [0.2, 0.25) is 16.6 Å². The van der Waals surface area contributed by atoms with Gasteiger partial charge in [-0.1, -0.05) is 0 Å². The van der Waals surface area contributed by atoms with Crippen molar-refractivity contribution in [3.8, 4) is 5.75 Å². The Morgan fingerprint density at radius 2 is 1.76 bits per heavy atom. The second kappa shape index (κ2) is 10.2. The van der Waals surface area contributed by atoms with Crippen molar-refractivity contribution >= 4 is 36.4 Å². The van der Waals surface area contributed by atoms with E-state index in [0.29, 0.717) is 23.2 Å². The first-order valence-corrected chi connectivity index (χ1v) is 22.3. The molecule has 0 saturated carbocycles. The SMILES string of the molecule is COc1ccc2c(c(CCNC(C)=O)cn2[Si](C(C)C)(C(C)C)C(C)C)[c]1[Hg][Cl]. The molecule has 2 rings (SSSR count). The van der Waals surface area contributed by atoms with Gasteiger partial charge in [-0.25, -0.2) is 0 Å². The molecule has 7 heteroatoms. The van der Waals surface area contributed by atoms with Gasteiger partial charge in [0.2, 0.25) is 0 Å². The Labute approximate surface area is 192 Å².